The second kappa shape index (κ2) is 6.18. The number of benzene rings is 1. The molecule has 0 bridgehead atoms. The van der Waals surface area contributed by atoms with E-state index in [0.717, 1.165) is 0 Å². The number of aliphatic hydroxyl groups excluding tert-OH is 1. The lowest BCUT2D eigenvalue weighted by atomic mass is 9.92. The van der Waals surface area contributed by atoms with Crippen LogP contribution in [0.3, 0.4) is 0 Å². The summed E-state index contributed by atoms with van der Waals surface area (Å²) in [4.78, 5) is 24.3. The average molecular weight is 269 g/mol. The van der Waals surface area contributed by atoms with Crippen LogP contribution in [0, 0.1) is 11.8 Å². The second-order valence-electron chi connectivity index (χ2n) is 4.45. The number of fused-ring (bicyclic) bond motifs is 1. The van der Waals surface area contributed by atoms with Gasteiger partial charge in [-0.1, -0.05) is 24.3 Å². The summed E-state index contributed by atoms with van der Waals surface area (Å²) in [6.45, 7) is 1.55. The van der Waals surface area contributed by atoms with Crippen molar-refractivity contribution in [3.8, 4) is 11.8 Å². The van der Waals surface area contributed by atoms with Crippen LogP contribution in [-0.2, 0) is 0 Å². The highest BCUT2D eigenvalue weighted by atomic mass is 16.3. The van der Waals surface area contributed by atoms with Gasteiger partial charge in [0, 0.05) is 23.6 Å². The molecule has 0 aliphatic heterocycles. The normalized spacial score (nSPS) is 14.8. The second-order valence-corrected chi connectivity index (χ2v) is 4.45. The van der Waals surface area contributed by atoms with E-state index in [0.29, 0.717) is 17.5 Å². The molecule has 20 heavy (non-hydrogen) atoms. The summed E-state index contributed by atoms with van der Waals surface area (Å²) in [5.41, 5.74) is 1.02. The Morgan fingerprint density at radius 2 is 1.95 bits per heavy atom. The minimum atomic E-state index is -0.365. The molecule has 2 rings (SSSR count). The highest BCUT2D eigenvalue weighted by molar-refractivity contribution is 6.24. The maximum atomic E-state index is 12.3. The third kappa shape index (κ3) is 2.79. The zero-order chi connectivity index (χ0) is 14.5. The van der Waals surface area contributed by atoms with Crippen LogP contribution in [0.25, 0.3) is 0 Å². The SMILES string of the molecule is CC#CCC(CO)NC1=CC(=O)c2ccccc2C1=O. The first-order valence-corrected chi connectivity index (χ1v) is 6.34. The summed E-state index contributed by atoms with van der Waals surface area (Å²) >= 11 is 0. The molecule has 0 heterocycles. The van der Waals surface area contributed by atoms with Crippen LogP contribution in [-0.4, -0.2) is 29.3 Å². The molecule has 1 atom stereocenters. The first kappa shape index (κ1) is 14.0. The number of Topliss-reactive ketones (excluding diaryl/α,β-unsaturated/α-hetero) is 1. The molecule has 1 unspecified atom stereocenters. The number of nitrogens with one attached hydrogen (secondary N) is 1. The van der Waals surface area contributed by atoms with Crippen molar-refractivity contribution in [2.24, 2.45) is 0 Å². The number of rotatable bonds is 4. The number of hydrogen-bond donors (Lipinski definition) is 2. The van der Waals surface area contributed by atoms with Gasteiger partial charge >= 0.3 is 0 Å². The largest absolute Gasteiger partial charge is 0.394 e. The van der Waals surface area contributed by atoms with Gasteiger partial charge in [0.2, 0.25) is 5.78 Å². The van der Waals surface area contributed by atoms with E-state index < -0.39 is 0 Å². The first-order chi connectivity index (χ1) is 9.67. The van der Waals surface area contributed by atoms with Crippen LogP contribution in [0.15, 0.2) is 36.0 Å². The van der Waals surface area contributed by atoms with Gasteiger partial charge in [-0.05, 0) is 6.92 Å². The fraction of sp³-hybridized carbons (Fsp3) is 0.250. The van der Waals surface area contributed by atoms with E-state index in [1.54, 1.807) is 31.2 Å². The summed E-state index contributed by atoms with van der Waals surface area (Å²) in [6.07, 6.45) is 1.69. The smallest absolute Gasteiger partial charge is 0.209 e. The van der Waals surface area contributed by atoms with E-state index in [2.05, 4.69) is 17.2 Å². The van der Waals surface area contributed by atoms with Crippen LogP contribution in [0.2, 0.25) is 0 Å². The van der Waals surface area contributed by atoms with Crippen molar-refractivity contribution in [2.45, 2.75) is 19.4 Å². The number of carbonyl (C=O) groups is 2. The summed E-state index contributed by atoms with van der Waals surface area (Å²) in [7, 11) is 0. The van der Waals surface area contributed by atoms with Gasteiger partial charge in [-0.25, -0.2) is 0 Å². The van der Waals surface area contributed by atoms with Gasteiger partial charge in [0.15, 0.2) is 5.78 Å². The zero-order valence-electron chi connectivity index (χ0n) is 11.1. The van der Waals surface area contributed by atoms with Crippen molar-refractivity contribution in [2.75, 3.05) is 6.61 Å². The van der Waals surface area contributed by atoms with Crippen molar-refractivity contribution < 1.29 is 14.7 Å². The summed E-state index contributed by atoms with van der Waals surface area (Å²) in [5, 5.41) is 12.2. The Labute approximate surface area is 117 Å². The van der Waals surface area contributed by atoms with Gasteiger partial charge in [-0.3, -0.25) is 9.59 Å². The van der Waals surface area contributed by atoms with Crippen molar-refractivity contribution in [1.29, 1.82) is 0 Å². The minimum absolute atomic E-state index is 0.158. The fourth-order valence-corrected chi connectivity index (χ4v) is 2.03. The lowest BCUT2D eigenvalue weighted by Crippen LogP contribution is -2.36. The van der Waals surface area contributed by atoms with Crippen LogP contribution in [0.4, 0.5) is 0 Å². The van der Waals surface area contributed by atoms with Gasteiger partial charge in [0.1, 0.15) is 0 Å². The molecule has 0 aromatic heterocycles. The Hall–Kier alpha value is -2.38. The Morgan fingerprint density at radius 3 is 2.60 bits per heavy atom. The maximum absolute atomic E-state index is 12.3. The number of ketones is 2. The van der Waals surface area contributed by atoms with Crippen molar-refractivity contribution >= 4 is 11.6 Å². The Bertz CT molecular complexity index is 635. The van der Waals surface area contributed by atoms with Gasteiger partial charge in [-0.2, -0.15) is 0 Å². The van der Waals surface area contributed by atoms with Gasteiger partial charge in [-0.15, -0.1) is 11.8 Å². The van der Waals surface area contributed by atoms with E-state index in [1.807, 2.05) is 0 Å². The van der Waals surface area contributed by atoms with Crippen molar-refractivity contribution in [3.05, 3.63) is 47.2 Å². The Morgan fingerprint density at radius 1 is 1.25 bits per heavy atom. The average Bonchev–Trinajstić information content (AvgIpc) is 2.48. The molecule has 2 N–H and O–H groups in total. The summed E-state index contributed by atoms with van der Waals surface area (Å²) in [6, 6.07) is 6.34. The third-order valence-electron chi connectivity index (χ3n) is 3.06. The molecule has 0 fully saturated rings. The topological polar surface area (TPSA) is 66.4 Å². The molecular weight excluding hydrogens is 254 g/mol. The molecule has 0 amide bonds. The fourth-order valence-electron chi connectivity index (χ4n) is 2.03. The number of allylic oxidation sites excluding steroid dienone is 2. The van der Waals surface area contributed by atoms with Gasteiger partial charge in [0.05, 0.1) is 18.3 Å². The van der Waals surface area contributed by atoms with E-state index in [-0.39, 0.29) is 29.9 Å². The maximum Gasteiger partial charge on any atom is 0.209 e. The number of carbonyl (C=O) groups excluding carboxylic acids is 2. The molecule has 4 nitrogen and oxygen atoms in total. The monoisotopic (exact) mass is 269 g/mol. The molecule has 0 spiro atoms. The molecule has 1 aromatic carbocycles. The standard InChI is InChI=1S/C16H15NO3/c1-2-3-6-11(10-18)17-14-9-15(19)12-7-4-5-8-13(12)16(14)20/h4-5,7-9,11,17-18H,6,10H2,1H3. The molecule has 102 valence electrons. The van der Waals surface area contributed by atoms with E-state index in [4.69, 9.17) is 0 Å². The molecule has 4 heteroatoms. The van der Waals surface area contributed by atoms with Crippen LogP contribution in [0.1, 0.15) is 34.1 Å². The lowest BCUT2D eigenvalue weighted by Gasteiger charge is -2.20. The minimum Gasteiger partial charge on any atom is -0.394 e. The molecular formula is C16H15NO3. The van der Waals surface area contributed by atoms with E-state index in [9.17, 15) is 14.7 Å². The number of aliphatic hydroxyl groups is 1. The van der Waals surface area contributed by atoms with Crippen LogP contribution >= 0.6 is 0 Å². The quantitative estimate of drug-likeness (QED) is 0.809. The van der Waals surface area contributed by atoms with Gasteiger partial charge in [0.25, 0.3) is 0 Å². The summed E-state index contributed by atoms with van der Waals surface area (Å²) in [5.74, 6) is 5.13. The van der Waals surface area contributed by atoms with Crippen molar-refractivity contribution in [1.82, 2.24) is 5.32 Å². The number of hydrogen-bond acceptors (Lipinski definition) is 4. The molecule has 1 aromatic rings. The van der Waals surface area contributed by atoms with Crippen LogP contribution in [0.5, 0.6) is 0 Å². The molecule has 0 radical (unpaired) electrons. The highest BCUT2D eigenvalue weighted by Gasteiger charge is 2.26. The molecule has 1 aliphatic carbocycles. The predicted molar refractivity (Wildman–Crippen MR) is 75.3 cm³/mol. The predicted octanol–water partition coefficient (Wildman–Crippen LogP) is 1.31. The molecule has 0 saturated carbocycles. The Balaban J connectivity index is 2.23. The summed E-state index contributed by atoms with van der Waals surface area (Å²) < 4.78 is 0. The lowest BCUT2D eigenvalue weighted by molar-refractivity contribution is 0.0974. The first-order valence-electron chi connectivity index (χ1n) is 6.34. The van der Waals surface area contributed by atoms with Crippen molar-refractivity contribution in [3.63, 3.8) is 0 Å². The highest BCUT2D eigenvalue weighted by Crippen LogP contribution is 2.20. The van der Waals surface area contributed by atoms with E-state index in [1.165, 1.54) is 6.08 Å². The van der Waals surface area contributed by atoms with Crippen LogP contribution < -0.4 is 5.32 Å². The Kier molecular flexibility index (Phi) is 4.34. The molecule has 0 saturated heterocycles. The van der Waals surface area contributed by atoms with E-state index >= 15 is 0 Å². The van der Waals surface area contributed by atoms with Gasteiger partial charge < -0.3 is 10.4 Å². The zero-order valence-corrected chi connectivity index (χ0v) is 11.1. The molecule has 1 aliphatic rings. The third-order valence-corrected chi connectivity index (χ3v) is 3.06.